The van der Waals surface area contributed by atoms with Crippen LogP contribution in [-0.4, -0.2) is 25.0 Å². The molecule has 2 rings (SSSR count). The second kappa shape index (κ2) is 6.71. The second-order valence-corrected chi connectivity index (χ2v) is 4.94. The first-order valence-electron chi connectivity index (χ1n) is 6.65. The van der Waals surface area contributed by atoms with Gasteiger partial charge in [-0.05, 0) is 35.9 Å². The van der Waals surface area contributed by atoms with Crippen LogP contribution in [0.1, 0.15) is 15.9 Å². The van der Waals surface area contributed by atoms with E-state index < -0.39 is 10.9 Å². The molecule has 114 valence electrons. The minimum Gasteiger partial charge on any atom is -0.457 e. The smallest absolute Gasteiger partial charge is 0.338 e. The molecule has 0 aliphatic carbocycles. The van der Waals surface area contributed by atoms with Crippen LogP contribution in [0.15, 0.2) is 48.5 Å². The van der Waals surface area contributed by atoms with Crippen molar-refractivity contribution in [1.29, 1.82) is 0 Å². The largest absolute Gasteiger partial charge is 0.457 e. The monoisotopic (exact) mass is 300 g/mol. The van der Waals surface area contributed by atoms with Crippen molar-refractivity contribution in [3.63, 3.8) is 0 Å². The van der Waals surface area contributed by atoms with Gasteiger partial charge in [-0.1, -0.05) is 6.07 Å². The van der Waals surface area contributed by atoms with E-state index >= 15 is 0 Å². The maximum absolute atomic E-state index is 12.0. The number of rotatable bonds is 5. The van der Waals surface area contributed by atoms with Crippen LogP contribution in [0.25, 0.3) is 0 Å². The molecule has 0 atom stereocenters. The number of carbonyl (C=O) groups excluding carboxylic acids is 1. The molecule has 0 radical (unpaired) electrons. The van der Waals surface area contributed by atoms with Crippen LogP contribution < -0.4 is 4.90 Å². The first-order valence-corrected chi connectivity index (χ1v) is 6.65. The van der Waals surface area contributed by atoms with Gasteiger partial charge in [0.2, 0.25) is 0 Å². The van der Waals surface area contributed by atoms with Crippen LogP contribution >= 0.6 is 0 Å². The van der Waals surface area contributed by atoms with Crippen LogP contribution in [0.3, 0.4) is 0 Å². The van der Waals surface area contributed by atoms with Gasteiger partial charge in [-0.25, -0.2) is 4.79 Å². The van der Waals surface area contributed by atoms with E-state index in [9.17, 15) is 14.9 Å². The maximum atomic E-state index is 12.0. The lowest BCUT2D eigenvalue weighted by Crippen LogP contribution is -2.11. The van der Waals surface area contributed by atoms with Crippen LogP contribution in [0, 0.1) is 10.1 Å². The Hall–Kier alpha value is -2.89. The summed E-state index contributed by atoms with van der Waals surface area (Å²) in [4.78, 5) is 24.0. The van der Waals surface area contributed by atoms with E-state index in [0.29, 0.717) is 11.1 Å². The molecule has 0 spiro atoms. The number of hydrogen-bond donors (Lipinski definition) is 0. The number of hydrogen-bond acceptors (Lipinski definition) is 5. The van der Waals surface area contributed by atoms with Gasteiger partial charge in [-0.3, -0.25) is 10.1 Å². The van der Waals surface area contributed by atoms with Crippen LogP contribution in [0.2, 0.25) is 0 Å². The Bertz CT molecular complexity index is 681. The Morgan fingerprint density at radius 1 is 1.18 bits per heavy atom. The fraction of sp³-hybridized carbons (Fsp3) is 0.188. The highest BCUT2D eigenvalue weighted by Crippen LogP contribution is 2.16. The molecule has 22 heavy (non-hydrogen) atoms. The lowest BCUT2D eigenvalue weighted by molar-refractivity contribution is -0.384. The summed E-state index contributed by atoms with van der Waals surface area (Å²) in [5.74, 6) is -0.429. The lowest BCUT2D eigenvalue weighted by atomic mass is 10.2. The van der Waals surface area contributed by atoms with Crippen molar-refractivity contribution in [2.45, 2.75) is 6.61 Å². The summed E-state index contributed by atoms with van der Waals surface area (Å²) < 4.78 is 5.22. The van der Waals surface area contributed by atoms with E-state index in [2.05, 4.69) is 0 Å². The molecule has 0 aliphatic rings. The fourth-order valence-electron chi connectivity index (χ4n) is 1.86. The van der Waals surface area contributed by atoms with Crippen molar-refractivity contribution >= 4 is 17.3 Å². The number of nitrogens with zero attached hydrogens (tertiary/aromatic N) is 2. The standard InChI is InChI=1S/C16H16N2O4/c1-17(2)15-5-3-4-13(10-15)16(19)22-11-12-6-8-14(9-7-12)18(20)21/h3-10H,11H2,1-2H3. The number of carbonyl (C=O) groups is 1. The molecule has 0 fully saturated rings. The van der Waals surface area contributed by atoms with Crippen molar-refractivity contribution < 1.29 is 14.5 Å². The number of nitro benzene ring substituents is 1. The molecular formula is C16H16N2O4. The zero-order valence-corrected chi connectivity index (χ0v) is 12.4. The SMILES string of the molecule is CN(C)c1cccc(C(=O)OCc2ccc([N+](=O)[O-])cc2)c1. The summed E-state index contributed by atoms with van der Waals surface area (Å²) in [6, 6.07) is 13.0. The summed E-state index contributed by atoms with van der Waals surface area (Å²) in [5.41, 5.74) is 2.08. The van der Waals surface area contributed by atoms with E-state index in [4.69, 9.17) is 4.74 Å². The van der Waals surface area contributed by atoms with Gasteiger partial charge in [0.05, 0.1) is 10.5 Å². The second-order valence-electron chi connectivity index (χ2n) is 4.94. The molecule has 6 heteroatoms. The van der Waals surface area contributed by atoms with Crippen LogP contribution in [0.4, 0.5) is 11.4 Å². The molecular weight excluding hydrogens is 284 g/mol. The Balaban J connectivity index is 2.00. The Morgan fingerprint density at radius 3 is 2.45 bits per heavy atom. The first-order chi connectivity index (χ1) is 10.5. The molecule has 0 N–H and O–H groups in total. The average Bonchev–Trinajstić information content (AvgIpc) is 2.53. The quantitative estimate of drug-likeness (QED) is 0.482. The molecule has 0 aromatic heterocycles. The fourth-order valence-corrected chi connectivity index (χ4v) is 1.86. The normalized spacial score (nSPS) is 10.1. The average molecular weight is 300 g/mol. The summed E-state index contributed by atoms with van der Waals surface area (Å²) >= 11 is 0. The Labute approximate surface area is 128 Å². The minimum atomic E-state index is -0.470. The van der Waals surface area contributed by atoms with Gasteiger partial charge in [-0.15, -0.1) is 0 Å². The lowest BCUT2D eigenvalue weighted by Gasteiger charge is -2.13. The number of benzene rings is 2. The predicted octanol–water partition coefficient (Wildman–Crippen LogP) is 3.02. The molecule has 6 nitrogen and oxygen atoms in total. The summed E-state index contributed by atoms with van der Waals surface area (Å²) in [6.07, 6.45) is 0. The number of nitro groups is 1. The summed E-state index contributed by atoms with van der Waals surface area (Å²) in [6.45, 7) is 0.0724. The number of non-ortho nitro benzene ring substituents is 1. The highest BCUT2D eigenvalue weighted by Gasteiger charge is 2.10. The van der Waals surface area contributed by atoms with Gasteiger partial charge >= 0.3 is 5.97 Å². The highest BCUT2D eigenvalue weighted by atomic mass is 16.6. The van der Waals surface area contributed by atoms with Crippen molar-refractivity contribution in [2.24, 2.45) is 0 Å². The highest BCUT2D eigenvalue weighted by molar-refractivity contribution is 5.90. The number of ether oxygens (including phenoxy) is 1. The van der Waals surface area contributed by atoms with Crippen molar-refractivity contribution in [2.75, 3.05) is 19.0 Å². The molecule has 2 aromatic rings. The summed E-state index contributed by atoms with van der Waals surface area (Å²) in [7, 11) is 3.78. The van der Waals surface area contributed by atoms with Gasteiger partial charge < -0.3 is 9.64 Å². The van der Waals surface area contributed by atoms with Crippen molar-refractivity contribution in [1.82, 2.24) is 0 Å². The Morgan fingerprint density at radius 2 is 1.86 bits per heavy atom. The van der Waals surface area contributed by atoms with Crippen LogP contribution in [0.5, 0.6) is 0 Å². The van der Waals surface area contributed by atoms with Crippen molar-refractivity contribution in [3.05, 3.63) is 69.8 Å². The summed E-state index contributed by atoms with van der Waals surface area (Å²) in [5, 5.41) is 10.6. The molecule has 0 heterocycles. The molecule has 0 amide bonds. The first kappa shape index (κ1) is 15.5. The number of anilines is 1. The van der Waals surface area contributed by atoms with Gasteiger partial charge in [0.15, 0.2) is 0 Å². The zero-order chi connectivity index (χ0) is 16.1. The predicted molar refractivity (Wildman–Crippen MR) is 83.0 cm³/mol. The molecule has 2 aromatic carbocycles. The number of esters is 1. The molecule has 0 aliphatic heterocycles. The van der Waals surface area contributed by atoms with Crippen molar-refractivity contribution in [3.8, 4) is 0 Å². The van der Waals surface area contributed by atoms with E-state index in [1.54, 1.807) is 30.3 Å². The van der Waals surface area contributed by atoms with Gasteiger partial charge in [0.25, 0.3) is 5.69 Å². The van der Waals surface area contributed by atoms with E-state index in [-0.39, 0.29) is 12.3 Å². The third-order valence-corrected chi connectivity index (χ3v) is 3.12. The third-order valence-electron chi connectivity index (χ3n) is 3.12. The van der Waals surface area contributed by atoms with Gasteiger partial charge in [0.1, 0.15) is 6.61 Å². The molecule has 0 saturated heterocycles. The topological polar surface area (TPSA) is 72.7 Å². The zero-order valence-electron chi connectivity index (χ0n) is 12.4. The third kappa shape index (κ3) is 3.82. The van der Waals surface area contributed by atoms with Gasteiger partial charge in [-0.2, -0.15) is 0 Å². The molecule has 0 bridgehead atoms. The van der Waals surface area contributed by atoms with E-state index in [1.165, 1.54) is 12.1 Å². The molecule has 0 saturated carbocycles. The van der Waals surface area contributed by atoms with E-state index in [0.717, 1.165) is 5.69 Å². The van der Waals surface area contributed by atoms with E-state index in [1.807, 2.05) is 25.1 Å². The molecule has 0 unspecified atom stereocenters. The maximum Gasteiger partial charge on any atom is 0.338 e. The van der Waals surface area contributed by atoms with Gasteiger partial charge in [0, 0.05) is 31.9 Å². The van der Waals surface area contributed by atoms with Crippen LogP contribution in [-0.2, 0) is 11.3 Å². The Kier molecular flexibility index (Phi) is 4.73. The minimum absolute atomic E-state index is 0.00811.